The van der Waals surface area contributed by atoms with Gasteiger partial charge in [0, 0.05) is 6.20 Å². The van der Waals surface area contributed by atoms with Crippen LogP contribution in [0.5, 0.6) is 0 Å². The lowest BCUT2D eigenvalue weighted by Crippen LogP contribution is -2.28. The van der Waals surface area contributed by atoms with Crippen LogP contribution in [0.3, 0.4) is 0 Å². The third kappa shape index (κ3) is 5.46. The number of anilines is 1. The highest BCUT2D eigenvalue weighted by atomic mass is 31.3. The first-order chi connectivity index (χ1) is 10.6. The maximum atomic E-state index is 11.6. The zero-order chi connectivity index (χ0) is 17.3. The summed E-state index contributed by atoms with van der Waals surface area (Å²) in [4.78, 5) is 41.1. The minimum atomic E-state index is -5.20. The van der Waals surface area contributed by atoms with E-state index in [0.717, 1.165) is 4.57 Å². The molecular formula is C8H13N3O10P2. The molecule has 1 aromatic rings. The molecule has 0 aliphatic carbocycles. The van der Waals surface area contributed by atoms with Gasteiger partial charge in [-0.05, 0) is 6.07 Å². The quantitative estimate of drug-likeness (QED) is 0.442. The average molecular weight is 373 g/mol. The number of nitrogens with zero attached hydrogens (tertiary/aromatic N) is 2. The molecule has 0 saturated carbocycles. The Hall–Kier alpha value is -1.14. The minimum Gasteiger partial charge on any atom is -0.383 e. The van der Waals surface area contributed by atoms with Gasteiger partial charge in [-0.1, -0.05) is 0 Å². The molecule has 1 unspecified atom stereocenters. The summed E-state index contributed by atoms with van der Waals surface area (Å²) in [5, 5.41) is 0. The summed E-state index contributed by atoms with van der Waals surface area (Å²) in [6.07, 6.45) is -0.703. The maximum absolute atomic E-state index is 11.6. The van der Waals surface area contributed by atoms with Gasteiger partial charge < -0.3 is 29.9 Å². The highest BCUT2D eigenvalue weighted by Crippen LogP contribution is 2.57. The average Bonchev–Trinajstić information content (AvgIpc) is 2.82. The predicted molar refractivity (Wildman–Crippen MR) is 71.7 cm³/mol. The Balaban J connectivity index is 1.92. The molecule has 1 aliphatic rings. The summed E-state index contributed by atoms with van der Waals surface area (Å²) in [6, 6.07) is 1.37. The molecule has 130 valence electrons. The molecule has 15 heteroatoms. The van der Waals surface area contributed by atoms with E-state index in [0.29, 0.717) is 0 Å². The summed E-state index contributed by atoms with van der Waals surface area (Å²) in [7, 11) is -10.2. The van der Waals surface area contributed by atoms with Crippen LogP contribution in [-0.4, -0.2) is 43.7 Å². The fourth-order valence-corrected chi connectivity index (χ4v) is 3.21. The summed E-state index contributed by atoms with van der Waals surface area (Å²) in [5.74, 6) is 0.0286. The van der Waals surface area contributed by atoms with Crippen LogP contribution >= 0.6 is 15.6 Å². The molecule has 3 atom stereocenters. The first-order valence-electron chi connectivity index (χ1n) is 5.92. The van der Waals surface area contributed by atoms with Crippen molar-refractivity contribution in [3.63, 3.8) is 0 Å². The number of rotatable bonds is 6. The van der Waals surface area contributed by atoms with Gasteiger partial charge in [0.1, 0.15) is 12.4 Å². The Labute approximate surface area is 128 Å². The number of phosphoric acid groups is 2. The number of nitrogens with two attached hydrogens (primary N) is 1. The molecule has 2 rings (SSSR count). The molecule has 0 spiro atoms. The van der Waals surface area contributed by atoms with Gasteiger partial charge in [0.25, 0.3) is 0 Å². The van der Waals surface area contributed by atoms with Crippen molar-refractivity contribution in [1.82, 2.24) is 9.55 Å². The second kappa shape index (κ2) is 6.77. The normalized spacial score (nSPS) is 24.5. The highest BCUT2D eigenvalue weighted by Gasteiger charge is 2.35. The second-order valence-electron chi connectivity index (χ2n) is 4.23. The van der Waals surface area contributed by atoms with Gasteiger partial charge in [-0.15, -0.1) is 0 Å². The summed E-state index contributed by atoms with van der Waals surface area (Å²) < 4.78 is 41.1. The van der Waals surface area contributed by atoms with Gasteiger partial charge in [-0.3, -0.25) is 9.09 Å². The van der Waals surface area contributed by atoms with Crippen LogP contribution in [0.15, 0.2) is 17.1 Å². The molecule has 1 aromatic heterocycles. The Kier molecular flexibility index (Phi) is 5.36. The Morgan fingerprint density at radius 3 is 2.74 bits per heavy atom. The molecule has 1 aliphatic heterocycles. The Bertz CT molecular complexity index is 716. The van der Waals surface area contributed by atoms with Crippen molar-refractivity contribution < 1.29 is 42.1 Å². The van der Waals surface area contributed by atoms with Crippen molar-refractivity contribution in [2.45, 2.75) is 12.5 Å². The first-order valence-corrected chi connectivity index (χ1v) is 8.94. The number of phosphoric ester groups is 1. The molecule has 0 bridgehead atoms. The predicted octanol–water partition coefficient (Wildman–Crippen LogP) is -1.08. The molecule has 5 N–H and O–H groups in total. The molecular weight excluding hydrogens is 360 g/mol. The fourth-order valence-electron chi connectivity index (χ4n) is 1.63. The minimum absolute atomic E-state index is 0.0286. The Morgan fingerprint density at radius 1 is 1.43 bits per heavy atom. The lowest BCUT2D eigenvalue weighted by Gasteiger charge is -2.15. The molecule has 0 radical (unpaired) electrons. The lowest BCUT2D eigenvalue weighted by molar-refractivity contribution is -0.0973. The van der Waals surface area contributed by atoms with E-state index in [-0.39, 0.29) is 12.4 Å². The van der Waals surface area contributed by atoms with E-state index in [1.807, 2.05) is 0 Å². The molecule has 0 aromatic carbocycles. The number of aromatic nitrogens is 2. The van der Waals surface area contributed by atoms with E-state index in [1.165, 1.54) is 12.3 Å². The summed E-state index contributed by atoms with van der Waals surface area (Å²) >= 11 is 0. The SMILES string of the molecule is Nc1ccn([C@@H]2CO[C@H](COP(=O)(O)OP(=O)(O)O)O2)c(=O)n1. The van der Waals surface area contributed by atoms with Crippen molar-refractivity contribution in [2.75, 3.05) is 18.9 Å². The van der Waals surface area contributed by atoms with Crippen LogP contribution in [-0.2, 0) is 27.4 Å². The van der Waals surface area contributed by atoms with E-state index in [1.54, 1.807) is 0 Å². The van der Waals surface area contributed by atoms with Crippen LogP contribution in [0.4, 0.5) is 5.82 Å². The largest absolute Gasteiger partial charge is 0.481 e. The van der Waals surface area contributed by atoms with E-state index in [9.17, 15) is 13.9 Å². The molecule has 1 fully saturated rings. The van der Waals surface area contributed by atoms with Crippen molar-refractivity contribution in [3.05, 3.63) is 22.7 Å². The number of hydrogen-bond donors (Lipinski definition) is 4. The van der Waals surface area contributed by atoms with E-state index >= 15 is 0 Å². The number of hydrogen-bond acceptors (Lipinski definition) is 9. The van der Waals surface area contributed by atoms with E-state index < -0.39 is 40.5 Å². The molecule has 23 heavy (non-hydrogen) atoms. The zero-order valence-corrected chi connectivity index (χ0v) is 13.1. The Morgan fingerprint density at radius 2 is 2.13 bits per heavy atom. The third-order valence-electron chi connectivity index (χ3n) is 2.48. The van der Waals surface area contributed by atoms with Gasteiger partial charge in [0.15, 0.2) is 12.5 Å². The molecule has 0 amide bonds. The van der Waals surface area contributed by atoms with E-state index in [4.69, 9.17) is 29.9 Å². The topological polar surface area (TPSA) is 193 Å². The second-order valence-corrected chi connectivity index (χ2v) is 7.06. The summed E-state index contributed by atoms with van der Waals surface area (Å²) in [6.45, 7) is -0.754. The fraction of sp³-hybridized carbons (Fsp3) is 0.500. The number of nitrogen functional groups attached to an aromatic ring is 1. The highest BCUT2D eigenvalue weighted by molar-refractivity contribution is 7.60. The van der Waals surface area contributed by atoms with Gasteiger partial charge in [0.05, 0.1) is 6.61 Å². The maximum Gasteiger partial charge on any atom is 0.481 e. The van der Waals surface area contributed by atoms with Crippen LogP contribution < -0.4 is 11.4 Å². The molecule has 13 nitrogen and oxygen atoms in total. The van der Waals surface area contributed by atoms with Crippen LogP contribution in [0.25, 0.3) is 0 Å². The van der Waals surface area contributed by atoms with Crippen molar-refractivity contribution in [2.24, 2.45) is 0 Å². The monoisotopic (exact) mass is 373 g/mol. The van der Waals surface area contributed by atoms with Crippen LogP contribution in [0.1, 0.15) is 6.23 Å². The van der Waals surface area contributed by atoms with Gasteiger partial charge in [-0.2, -0.15) is 9.29 Å². The number of ether oxygens (including phenoxy) is 2. The van der Waals surface area contributed by atoms with Gasteiger partial charge in [0.2, 0.25) is 0 Å². The van der Waals surface area contributed by atoms with Gasteiger partial charge in [-0.25, -0.2) is 13.9 Å². The third-order valence-corrected chi connectivity index (χ3v) is 4.63. The van der Waals surface area contributed by atoms with Crippen LogP contribution in [0.2, 0.25) is 0 Å². The molecule has 1 saturated heterocycles. The van der Waals surface area contributed by atoms with Crippen molar-refractivity contribution in [1.29, 1.82) is 0 Å². The molecule has 2 heterocycles. The zero-order valence-electron chi connectivity index (χ0n) is 11.3. The van der Waals surface area contributed by atoms with Crippen molar-refractivity contribution in [3.8, 4) is 0 Å². The van der Waals surface area contributed by atoms with Crippen LogP contribution in [0, 0.1) is 0 Å². The van der Waals surface area contributed by atoms with Crippen molar-refractivity contribution >= 4 is 21.5 Å². The first kappa shape index (κ1) is 18.2. The lowest BCUT2D eigenvalue weighted by atomic mass is 10.5. The van der Waals surface area contributed by atoms with E-state index in [2.05, 4.69) is 13.8 Å². The smallest absolute Gasteiger partial charge is 0.383 e. The standard InChI is InChI=1S/C8H13N3O10P2/c9-5-1-2-11(8(12)10-5)6-3-18-7(20-6)4-19-23(16,17)21-22(13,14)15/h1-2,6-7H,3-4H2,(H,16,17)(H2,9,10,12)(H2,13,14,15)/t6-,7-/m0/s1. The van der Waals surface area contributed by atoms with Gasteiger partial charge >= 0.3 is 21.3 Å². The summed E-state index contributed by atoms with van der Waals surface area (Å²) in [5.41, 5.74) is 4.66.